The Morgan fingerprint density at radius 2 is 1.93 bits per heavy atom. The Morgan fingerprint density at radius 3 is 2.36 bits per heavy atom. The summed E-state index contributed by atoms with van der Waals surface area (Å²) >= 11 is 0. The second-order valence-electron chi connectivity index (χ2n) is 4.91. The Kier molecular flexibility index (Phi) is 2.72. The van der Waals surface area contributed by atoms with Crippen LogP contribution in [-0.2, 0) is 4.79 Å². The Hall–Kier alpha value is -0.830. The molecule has 1 fully saturated rings. The summed E-state index contributed by atoms with van der Waals surface area (Å²) in [5.41, 5.74) is -0.524. The number of aliphatic carboxylic acids is 1. The highest BCUT2D eigenvalue weighted by Crippen LogP contribution is 2.45. The molecule has 0 aliphatic heterocycles. The lowest BCUT2D eigenvalue weighted by Crippen LogP contribution is -2.39. The fraction of sp³-hybridized carbons (Fsp3) is 0.727. The zero-order chi connectivity index (χ0) is 11.0. The lowest BCUT2D eigenvalue weighted by molar-refractivity contribution is -0.131. The van der Waals surface area contributed by atoms with Crippen LogP contribution in [0.5, 0.6) is 0 Å². The van der Waals surface area contributed by atoms with Crippen molar-refractivity contribution in [1.82, 2.24) is 0 Å². The molecule has 0 aromatic heterocycles. The van der Waals surface area contributed by atoms with Gasteiger partial charge in [-0.05, 0) is 37.2 Å². The molecule has 2 N–H and O–H groups in total. The van der Waals surface area contributed by atoms with Crippen molar-refractivity contribution < 1.29 is 15.0 Å². The molecule has 1 aliphatic carbocycles. The van der Waals surface area contributed by atoms with Crippen LogP contribution < -0.4 is 0 Å². The van der Waals surface area contributed by atoms with Gasteiger partial charge in [-0.25, -0.2) is 4.79 Å². The molecule has 0 aromatic carbocycles. The maximum Gasteiger partial charge on any atom is 0.328 e. The highest BCUT2D eigenvalue weighted by atomic mass is 16.4. The van der Waals surface area contributed by atoms with Gasteiger partial charge < -0.3 is 10.2 Å². The van der Waals surface area contributed by atoms with Crippen molar-refractivity contribution in [2.75, 3.05) is 0 Å². The van der Waals surface area contributed by atoms with Crippen LogP contribution >= 0.6 is 0 Å². The normalized spacial score (nSPS) is 34.4. The van der Waals surface area contributed by atoms with E-state index in [1.165, 1.54) is 6.08 Å². The molecule has 3 heteroatoms. The highest BCUT2D eigenvalue weighted by Gasteiger charge is 2.40. The van der Waals surface area contributed by atoms with Crippen LogP contribution in [0, 0.1) is 5.41 Å². The molecule has 0 radical (unpaired) electrons. The predicted octanol–water partition coefficient (Wildman–Crippen LogP) is 1.96. The van der Waals surface area contributed by atoms with E-state index in [1.54, 1.807) is 6.92 Å². The summed E-state index contributed by atoms with van der Waals surface area (Å²) in [7, 11) is 0. The van der Waals surface area contributed by atoms with Crippen LogP contribution in [0.25, 0.3) is 0 Å². The Bertz CT molecular complexity index is 256. The first kappa shape index (κ1) is 11.2. The molecule has 14 heavy (non-hydrogen) atoms. The summed E-state index contributed by atoms with van der Waals surface area (Å²) in [5.74, 6) is -0.977. The molecule has 3 nitrogen and oxygen atoms in total. The molecule has 0 aromatic rings. The minimum absolute atomic E-state index is 0.208. The molecule has 0 amide bonds. The molecular formula is C11H18O3. The van der Waals surface area contributed by atoms with E-state index < -0.39 is 11.6 Å². The highest BCUT2D eigenvalue weighted by molar-refractivity contribution is 5.81. The maximum atomic E-state index is 10.7. The fourth-order valence-electron chi connectivity index (χ4n) is 2.35. The molecule has 1 atom stereocenters. The van der Waals surface area contributed by atoms with Gasteiger partial charge >= 0.3 is 5.97 Å². The van der Waals surface area contributed by atoms with Crippen LogP contribution in [0.1, 0.15) is 40.0 Å². The number of hydrogen-bond donors (Lipinski definition) is 2. The van der Waals surface area contributed by atoms with Gasteiger partial charge in [0.25, 0.3) is 0 Å². The minimum Gasteiger partial charge on any atom is -0.478 e. The van der Waals surface area contributed by atoms with Crippen molar-refractivity contribution in [1.29, 1.82) is 0 Å². The summed E-state index contributed by atoms with van der Waals surface area (Å²) in [4.78, 5) is 10.7. The Morgan fingerprint density at radius 1 is 1.36 bits per heavy atom. The quantitative estimate of drug-likeness (QED) is 0.633. The lowest BCUT2D eigenvalue weighted by Gasteiger charge is -2.42. The van der Waals surface area contributed by atoms with Gasteiger partial charge in [0.1, 0.15) is 0 Å². The predicted molar refractivity (Wildman–Crippen MR) is 54.0 cm³/mol. The Labute approximate surface area is 84.4 Å². The number of rotatable bonds is 1. The molecule has 0 spiro atoms. The number of aliphatic hydroxyl groups is 1. The van der Waals surface area contributed by atoms with Crippen LogP contribution in [0.15, 0.2) is 11.6 Å². The van der Waals surface area contributed by atoms with E-state index in [0.29, 0.717) is 12.0 Å². The van der Waals surface area contributed by atoms with Crippen LogP contribution in [-0.4, -0.2) is 21.8 Å². The average Bonchev–Trinajstić information content (AvgIpc) is 1.96. The van der Waals surface area contributed by atoms with Crippen LogP contribution in [0.3, 0.4) is 0 Å². The van der Waals surface area contributed by atoms with Gasteiger partial charge in [0.05, 0.1) is 5.60 Å². The van der Waals surface area contributed by atoms with E-state index in [-0.39, 0.29) is 5.41 Å². The first-order chi connectivity index (χ1) is 6.26. The first-order valence-electron chi connectivity index (χ1n) is 4.94. The Balaban J connectivity index is 3.10. The van der Waals surface area contributed by atoms with E-state index >= 15 is 0 Å². The van der Waals surface area contributed by atoms with Crippen LogP contribution in [0.4, 0.5) is 0 Å². The molecule has 0 bridgehead atoms. The number of carboxylic acid groups (broad SMARTS) is 1. The van der Waals surface area contributed by atoms with E-state index in [4.69, 9.17) is 5.11 Å². The second-order valence-corrected chi connectivity index (χ2v) is 4.91. The van der Waals surface area contributed by atoms with E-state index in [0.717, 1.165) is 12.8 Å². The molecule has 0 saturated heterocycles. The smallest absolute Gasteiger partial charge is 0.328 e. The van der Waals surface area contributed by atoms with Crippen molar-refractivity contribution in [3.05, 3.63) is 11.6 Å². The summed E-state index contributed by atoms with van der Waals surface area (Å²) in [6, 6.07) is 0. The average molecular weight is 198 g/mol. The van der Waals surface area contributed by atoms with Crippen molar-refractivity contribution in [2.45, 2.75) is 45.6 Å². The number of carboxylic acids is 1. The molecule has 80 valence electrons. The summed E-state index contributed by atoms with van der Waals surface area (Å²) in [6.45, 7) is 5.66. The third-order valence-corrected chi connectivity index (χ3v) is 3.04. The largest absolute Gasteiger partial charge is 0.478 e. The van der Waals surface area contributed by atoms with Gasteiger partial charge in [0.2, 0.25) is 0 Å². The molecule has 0 heterocycles. The second kappa shape index (κ2) is 3.39. The lowest BCUT2D eigenvalue weighted by atomic mass is 9.66. The maximum absolute atomic E-state index is 10.7. The van der Waals surface area contributed by atoms with Gasteiger partial charge in [-0.1, -0.05) is 13.8 Å². The van der Waals surface area contributed by atoms with Gasteiger partial charge in [-0.15, -0.1) is 0 Å². The molecule has 0 unspecified atom stereocenters. The monoisotopic (exact) mass is 198 g/mol. The zero-order valence-corrected chi connectivity index (χ0v) is 9.00. The third kappa shape index (κ3) is 2.15. The minimum atomic E-state index is -0.977. The molecule has 1 aliphatic rings. The van der Waals surface area contributed by atoms with Crippen molar-refractivity contribution in [3.63, 3.8) is 0 Å². The van der Waals surface area contributed by atoms with Gasteiger partial charge in [0, 0.05) is 6.08 Å². The fourth-order valence-corrected chi connectivity index (χ4v) is 2.35. The van der Waals surface area contributed by atoms with Crippen molar-refractivity contribution in [2.24, 2.45) is 5.41 Å². The van der Waals surface area contributed by atoms with E-state index in [2.05, 4.69) is 0 Å². The summed E-state index contributed by atoms with van der Waals surface area (Å²) in [5, 5.41) is 18.8. The zero-order valence-electron chi connectivity index (χ0n) is 9.00. The van der Waals surface area contributed by atoms with Crippen molar-refractivity contribution in [3.8, 4) is 0 Å². The SMILES string of the molecule is CC1(C)CCC[C@@](C)(O)C1=CC(=O)O. The molecule has 1 rings (SSSR count). The molecular weight excluding hydrogens is 180 g/mol. The van der Waals surface area contributed by atoms with E-state index in [9.17, 15) is 9.90 Å². The number of carbonyl (C=O) groups is 1. The van der Waals surface area contributed by atoms with Crippen LogP contribution in [0.2, 0.25) is 0 Å². The first-order valence-corrected chi connectivity index (χ1v) is 4.94. The van der Waals surface area contributed by atoms with Gasteiger partial charge in [-0.2, -0.15) is 0 Å². The topological polar surface area (TPSA) is 57.5 Å². The van der Waals surface area contributed by atoms with Crippen molar-refractivity contribution >= 4 is 5.97 Å². The molecule has 1 saturated carbocycles. The van der Waals surface area contributed by atoms with E-state index in [1.807, 2.05) is 13.8 Å². The number of hydrogen-bond acceptors (Lipinski definition) is 2. The van der Waals surface area contributed by atoms with Gasteiger partial charge in [0.15, 0.2) is 0 Å². The standard InChI is InChI=1S/C11H18O3/c1-10(2)5-4-6-11(3,14)8(10)7-9(12)13/h7,14H,4-6H2,1-3H3,(H,12,13)/t11-/m1/s1. The summed E-state index contributed by atoms with van der Waals surface area (Å²) in [6.07, 6.45) is 3.69. The third-order valence-electron chi connectivity index (χ3n) is 3.04. The van der Waals surface area contributed by atoms with Gasteiger partial charge in [-0.3, -0.25) is 0 Å². The summed E-state index contributed by atoms with van der Waals surface area (Å²) < 4.78 is 0.